The molecule has 9 heteroatoms. The average Bonchev–Trinajstić information content (AvgIpc) is 3.14. The third kappa shape index (κ3) is 4.83. The number of thiophene rings is 1. The summed E-state index contributed by atoms with van der Waals surface area (Å²) in [7, 11) is 1.67. The lowest BCUT2D eigenvalue weighted by Gasteiger charge is -2.08. The smallest absolute Gasteiger partial charge is 0.286 e. The molecule has 0 aliphatic rings. The normalized spacial score (nSPS) is 10.2. The van der Waals surface area contributed by atoms with Crippen molar-refractivity contribution in [1.82, 2.24) is 20.7 Å². The zero-order valence-electron chi connectivity index (χ0n) is 12.3. The van der Waals surface area contributed by atoms with Crippen LogP contribution in [0.1, 0.15) is 27.3 Å². The van der Waals surface area contributed by atoms with Crippen LogP contribution in [-0.2, 0) is 11.8 Å². The van der Waals surface area contributed by atoms with Crippen molar-refractivity contribution in [2.45, 2.75) is 6.42 Å². The van der Waals surface area contributed by atoms with Crippen molar-refractivity contribution < 1.29 is 14.4 Å². The van der Waals surface area contributed by atoms with Crippen LogP contribution < -0.4 is 16.2 Å². The summed E-state index contributed by atoms with van der Waals surface area (Å²) in [4.78, 5) is 35.1. The highest BCUT2D eigenvalue weighted by Crippen LogP contribution is 2.12. The largest absolute Gasteiger partial charge is 0.351 e. The van der Waals surface area contributed by atoms with Crippen molar-refractivity contribution in [3.8, 4) is 0 Å². The van der Waals surface area contributed by atoms with Gasteiger partial charge >= 0.3 is 0 Å². The standard InChI is InChI=1S/C14H15ClN4O3S/c1-19-7-10(15)6-11(19)14(22)18-17-12(20)2-4-16-13(21)9-3-5-23-8-9/h3,5-8H,2,4H2,1H3,(H,16,21)(H,17,20)(H,18,22). The highest BCUT2D eigenvalue weighted by Gasteiger charge is 2.12. The van der Waals surface area contributed by atoms with E-state index in [0.29, 0.717) is 16.3 Å². The minimum atomic E-state index is -0.477. The predicted molar refractivity (Wildman–Crippen MR) is 87.3 cm³/mol. The number of hydrazine groups is 1. The first-order valence-corrected chi connectivity index (χ1v) is 8.01. The van der Waals surface area contributed by atoms with Crippen LogP contribution in [0.25, 0.3) is 0 Å². The number of rotatable bonds is 5. The Labute approximate surface area is 141 Å². The molecule has 7 nitrogen and oxygen atoms in total. The molecule has 122 valence electrons. The van der Waals surface area contributed by atoms with Crippen LogP contribution in [-0.4, -0.2) is 28.8 Å². The quantitative estimate of drug-likeness (QED) is 0.707. The van der Waals surface area contributed by atoms with Crippen molar-refractivity contribution in [3.63, 3.8) is 0 Å². The zero-order valence-corrected chi connectivity index (χ0v) is 13.8. The fourth-order valence-electron chi connectivity index (χ4n) is 1.79. The number of aromatic nitrogens is 1. The number of nitrogens with one attached hydrogen (secondary N) is 3. The molecule has 0 aliphatic heterocycles. The minimum Gasteiger partial charge on any atom is -0.351 e. The number of halogens is 1. The Bertz CT molecular complexity index is 712. The Hall–Kier alpha value is -2.32. The van der Waals surface area contributed by atoms with E-state index in [-0.39, 0.29) is 18.9 Å². The maximum Gasteiger partial charge on any atom is 0.286 e. The topological polar surface area (TPSA) is 92.2 Å². The van der Waals surface area contributed by atoms with Gasteiger partial charge in [0.1, 0.15) is 5.69 Å². The molecule has 0 aromatic carbocycles. The molecular formula is C14H15ClN4O3S. The summed E-state index contributed by atoms with van der Waals surface area (Å²) >= 11 is 7.21. The molecular weight excluding hydrogens is 340 g/mol. The van der Waals surface area contributed by atoms with Crippen molar-refractivity contribution in [2.24, 2.45) is 7.05 Å². The van der Waals surface area contributed by atoms with E-state index in [4.69, 9.17) is 11.6 Å². The Morgan fingerprint density at radius 3 is 2.65 bits per heavy atom. The number of hydrogen-bond donors (Lipinski definition) is 3. The lowest BCUT2D eigenvalue weighted by molar-refractivity contribution is -0.121. The molecule has 3 amide bonds. The van der Waals surface area contributed by atoms with Gasteiger partial charge in [-0.3, -0.25) is 25.2 Å². The van der Waals surface area contributed by atoms with Gasteiger partial charge in [-0.15, -0.1) is 0 Å². The summed E-state index contributed by atoms with van der Waals surface area (Å²) in [5.41, 5.74) is 5.45. The van der Waals surface area contributed by atoms with Gasteiger partial charge in [-0.1, -0.05) is 11.6 Å². The van der Waals surface area contributed by atoms with Crippen LogP contribution in [0.15, 0.2) is 29.1 Å². The molecule has 2 aromatic heterocycles. The van der Waals surface area contributed by atoms with Gasteiger partial charge in [-0.05, 0) is 17.5 Å². The fourth-order valence-corrected chi connectivity index (χ4v) is 2.67. The van der Waals surface area contributed by atoms with Gasteiger partial charge in [0, 0.05) is 37.2 Å². The molecule has 0 saturated heterocycles. The van der Waals surface area contributed by atoms with Crippen molar-refractivity contribution in [2.75, 3.05) is 6.54 Å². The monoisotopic (exact) mass is 354 g/mol. The first-order chi connectivity index (χ1) is 11.0. The van der Waals surface area contributed by atoms with Crippen LogP contribution in [0.4, 0.5) is 0 Å². The van der Waals surface area contributed by atoms with Gasteiger partial charge in [0.25, 0.3) is 11.8 Å². The number of aryl methyl sites for hydroxylation is 1. The molecule has 0 bridgehead atoms. The lowest BCUT2D eigenvalue weighted by Crippen LogP contribution is -2.43. The predicted octanol–water partition coefficient (Wildman–Crippen LogP) is 1.32. The van der Waals surface area contributed by atoms with E-state index < -0.39 is 11.8 Å². The third-order valence-electron chi connectivity index (χ3n) is 2.94. The molecule has 0 radical (unpaired) electrons. The van der Waals surface area contributed by atoms with E-state index in [9.17, 15) is 14.4 Å². The SMILES string of the molecule is Cn1cc(Cl)cc1C(=O)NNC(=O)CCNC(=O)c1ccsc1. The minimum absolute atomic E-state index is 0.0457. The molecule has 2 heterocycles. The maximum atomic E-state index is 11.8. The van der Waals surface area contributed by atoms with E-state index in [1.807, 2.05) is 0 Å². The Morgan fingerprint density at radius 1 is 1.26 bits per heavy atom. The van der Waals surface area contributed by atoms with Crippen molar-refractivity contribution in [3.05, 3.63) is 45.4 Å². The molecule has 0 saturated carbocycles. The number of amides is 3. The van der Waals surface area contributed by atoms with Crippen LogP contribution in [0.5, 0.6) is 0 Å². The van der Waals surface area contributed by atoms with E-state index in [0.717, 1.165) is 0 Å². The second-order valence-corrected chi connectivity index (χ2v) is 5.89. The average molecular weight is 355 g/mol. The molecule has 0 spiro atoms. The number of carbonyl (C=O) groups is 3. The molecule has 0 fully saturated rings. The van der Waals surface area contributed by atoms with Crippen LogP contribution in [0.3, 0.4) is 0 Å². The summed E-state index contributed by atoms with van der Waals surface area (Å²) < 4.78 is 1.55. The lowest BCUT2D eigenvalue weighted by atomic mass is 10.3. The Balaban J connectivity index is 1.70. The van der Waals surface area contributed by atoms with Gasteiger partial charge in [-0.2, -0.15) is 11.3 Å². The van der Waals surface area contributed by atoms with Gasteiger partial charge in [0.05, 0.1) is 5.02 Å². The molecule has 0 unspecified atom stereocenters. The first kappa shape index (κ1) is 17.0. The third-order valence-corrected chi connectivity index (χ3v) is 3.83. The molecule has 0 atom stereocenters. The van der Waals surface area contributed by atoms with Crippen molar-refractivity contribution in [1.29, 1.82) is 0 Å². The Morgan fingerprint density at radius 2 is 2.04 bits per heavy atom. The number of carbonyl (C=O) groups excluding carboxylic acids is 3. The van der Waals surface area contributed by atoms with E-state index >= 15 is 0 Å². The number of nitrogens with zero attached hydrogens (tertiary/aromatic N) is 1. The van der Waals surface area contributed by atoms with Crippen LogP contribution in [0.2, 0.25) is 5.02 Å². The van der Waals surface area contributed by atoms with Crippen LogP contribution >= 0.6 is 22.9 Å². The first-order valence-electron chi connectivity index (χ1n) is 6.69. The van der Waals surface area contributed by atoms with E-state index in [2.05, 4.69) is 16.2 Å². The summed E-state index contributed by atoms with van der Waals surface area (Å²) in [6.45, 7) is 0.173. The zero-order chi connectivity index (χ0) is 16.8. The van der Waals surface area contributed by atoms with Gasteiger partial charge < -0.3 is 9.88 Å². The summed E-state index contributed by atoms with van der Waals surface area (Å²) in [6.07, 6.45) is 1.63. The highest BCUT2D eigenvalue weighted by molar-refractivity contribution is 7.08. The molecule has 23 heavy (non-hydrogen) atoms. The molecule has 0 aliphatic carbocycles. The van der Waals surface area contributed by atoms with E-state index in [1.54, 1.807) is 34.6 Å². The van der Waals surface area contributed by atoms with Gasteiger partial charge in [-0.25, -0.2) is 0 Å². The van der Waals surface area contributed by atoms with Gasteiger partial charge in [0.2, 0.25) is 5.91 Å². The second-order valence-electron chi connectivity index (χ2n) is 4.67. The molecule has 2 rings (SSSR count). The summed E-state index contributed by atoms with van der Waals surface area (Å²) in [6, 6.07) is 3.19. The summed E-state index contributed by atoms with van der Waals surface area (Å²) in [5.74, 6) is -1.12. The number of hydrogen-bond acceptors (Lipinski definition) is 4. The highest BCUT2D eigenvalue weighted by atomic mass is 35.5. The second kappa shape index (κ2) is 7.80. The fraction of sp³-hybridized carbons (Fsp3) is 0.214. The molecule has 2 aromatic rings. The maximum absolute atomic E-state index is 11.8. The van der Waals surface area contributed by atoms with E-state index in [1.165, 1.54) is 17.4 Å². The van der Waals surface area contributed by atoms with Crippen molar-refractivity contribution >= 4 is 40.7 Å². The molecule has 3 N–H and O–H groups in total. The summed E-state index contributed by atoms with van der Waals surface area (Å²) in [5, 5.41) is 6.57. The van der Waals surface area contributed by atoms with Gasteiger partial charge in [0.15, 0.2) is 0 Å². The van der Waals surface area contributed by atoms with Crippen LogP contribution in [0, 0.1) is 0 Å². The Kier molecular flexibility index (Phi) is 5.78.